The van der Waals surface area contributed by atoms with Crippen LogP contribution < -0.4 is 10.6 Å². The molecule has 4 N–H and O–H groups in total. The molecule has 4 aromatic rings. The van der Waals surface area contributed by atoms with Crippen LogP contribution >= 0.6 is 0 Å². The summed E-state index contributed by atoms with van der Waals surface area (Å²) in [5, 5.41) is 31.9. The number of carbonyl (C=O) groups excluding carboxylic acids is 2. The minimum absolute atomic E-state index is 0.535. The van der Waals surface area contributed by atoms with Gasteiger partial charge in [0.2, 0.25) is 11.8 Å². The summed E-state index contributed by atoms with van der Waals surface area (Å²) in [6.07, 6.45) is 0. The van der Waals surface area contributed by atoms with Gasteiger partial charge in [-0.05, 0) is 74.2 Å². The number of carbonyl (C=O) groups is 2. The van der Waals surface area contributed by atoms with Gasteiger partial charge in [0.25, 0.3) is 0 Å². The first kappa shape index (κ1) is 28.3. The Morgan fingerprint density at radius 1 is 0.564 bits per heavy atom. The van der Waals surface area contributed by atoms with E-state index in [1.165, 1.54) is 0 Å². The molecule has 0 unspecified atom stereocenters. The van der Waals surface area contributed by atoms with Crippen molar-refractivity contribution in [2.45, 2.75) is 64.8 Å². The van der Waals surface area contributed by atoms with Gasteiger partial charge in [-0.25, -0.2) is 0 Å². The van der Waals surface area contributed by atoms with Crippen LogP contribution in [0.15, 0.2) is 84.9 Å². The monoisotopic (exact) mass is 526 g/mol. The van der Waals surface area contributed by atoms with E-state index in [9.17, 15) is 19.8 Å². The molecule has 0 spiro atoms. The van der Waals surface area contributed by atoms with Gasteiger partial charge in [0.05, 0.1) is 23.3 Å². The fraction of sp³-hybridized carbons (Fsp3) is 0.333. The molecule has 6 heteroatoms. The SMILES string of the molecule is CC(C)(C(=O)N[C@H](c1cccc2ccccc12)C(C)(C)O)C(=O)N[C@H](c1cccc2ccccc12)C(C)(C)O. The largest absolute Gasteiger partial charge is 0.388 e. The van der Waals surface area contributed by atoms with Crippen molar-refractivity contribution in [3.8, 4) is 0 Å². The number of nitrogens with one attached hydrogen (secondary N) is 2. The van der Waals surface area contributed by atoms with Crippen LogP contribution in [0.1, 0.15) is 64.8 Å². The lowest BCUT2D eigenvalue weighted by Crippen LogP contribution is -2.54. The van der Waals surface area contributed by atoms with E-state index >= 15 is 0 Å². The number of rotatable bonds is 8. The Labute approximate surface area is 230 Å². The van der Waals surface area contributed by atoms with Crippen molar-refractivity contribution in [2.75, 3.05) is 0 Å². The van der Waals surface area contributed by atoms with Gasteiger partial charge in [0.1, 0.15) is 5.41 Å². The zero-order valence-electron chi connectivity index (χ0n) is 23.4. The molecule has 0 fully saturated rings. The smallest absolute Gasteiger partial charge is 0.235 e. The van der Waals surface area contributed by atoms with Gasteiger partial charge in [-0.1, -0.05) is 84.9 Å². The van der Waals surface area contributed by atoms with Crippen molar-refractivity contribution in [3.05, 3.63) is 96.1 Å². The lowest BCUT2D eigenvalue weighted by molar-refractivity contribution is -0.144. The van der Waals surface area contributed by atoms with Crippen LogP contribution in [0.25, 0.3) is 21.5 Å². The van der Waals surface area contributed by atoms with Crippen molar-refractivity contribution in [1.29, 1.82) is 0 Å². The summed E-state index contributed by atoms with van der Waals surface area (Å²) in [4.78, 5) is 27.4. The number of aliphatic hydroxyl groups is 2. The first-order valence-electron chi connectivity index (χ1n) is 13.2. The van der Waals surface area contributed by atoms with E-state index < -0.39 is 40.5 Å². The summed E-state index contributed by atoms with van der Waals surface area (Å²) < 4.78 is 0. The first-order chi connectivity index (χ1) is 18.2. The van der Waals surface area contributed by atoms with Gasteiger partial charge in [-0.2, -0.15) is 0 Å². The van der Waals surface area contributed by atoms with Crippen LogP contribution in [-0.2, 0) is 9.59 Å². The molecule has 0 saturated heterocycles. The van der Waals surface area contributed by atoms with Crippen LogP contribution in [0.4, 0.5) is 0 Å². The number of hydrogen-bond acceptors (Lipinski definition) is 4. The Morgan fingerprint density at radius 2 is 0.897 bits per heavy atom. The van der Waals surface area contributed by atoms with Crippen molar-refractivity contribution in [1.82, 2.24) is 10.6 Å². The minimum atomic E-state index is -1.51. The third-order valence-electron chi connectivity index (χ3n) is 7.37. The number of amides is 2. The standard InChI is InChI=1S/C33H38N2O4/c1-31(2,29(36)34-27(32(3,4)38)25-19-11-15-21-13-7-9-17-23(21)25)30(37)35-28(33(5,6)39)26-20-12-16-22-14-8-10-18-24(22)26/h7-20,27-28,38-39H,1-6H3,(H,34,36)(H,35,37)/t27-,28-/m1/s1. The summed E-state index contributed by atoms with van der Waals surface area (Å²) >= 11 is 0. The van der Waals surface area contributed by atoms with Crippen LogP contribution in [0.5, 0.6) is 0 Å². The average Bonchev–Trinajstić information content (AvgIpc) is 2.88. The molecule has 0 aromatic heterocycles. The third-order valence-corrected chi connectivity index (χ3v) is 7.37. The second-order valence-corrected chi connectivity index (χ2v) is 11.9. The van der Waals surface area contributed by atoms with Gasteiger partial charge in [-0.15, -0.1) is 0 Å². The molecular weight excluding hydrogens is 488 g/mol. The molecule has 204 valence electrons. The fourth-order valence-corrected chi connectivity index (χ4v) is 5.00. The summed E-state index contributed by atoms with van der Waals surface area (Å²) in [7, 11) is 0. The molecule has 6 nitrogen and oxygen atoms in total. The molecule has 0 heterocycles. The van der Waals surface area contributed by atoms with Crippen molar-refractivity contribution >= 4 is 33.4 Å². The van der Waals surface area contributed by atoms with Gasteiger partial charge in [0.15, 0.2) is 0 Å². The quantitative estimate of drug-likeness (QED) is 0.225. The molecule has 4 rings (SSSR count). The zero-order chi connectivity index (χ0) is 28.6. The van der Waals surface area contributed by atoms with E-state index in [0.29, 0.717) is 0 Å². The van der Waals surface area contributed by atoms with E-state index in [1.54, 1.807) is 41.5 Å². The van der Waals surface area contributed by atoms with Crippen molar-refractivity contribution in [2.24, 2.45) is 5.41 Å². The highest BCUT2D eigenvalue weighted by Crippen LogP contribution is 2.35. The fourth-order valence-electron chi connectivity index (χ4n) is 5.00. The Balaban J connectivity index is 1.65. The average molecular weight is 527 g/mol. The Kier molecular flexibility index (Phi) is 7.57. The van der Waals surface area contributed by atoms with E-state index in [0.717, 1.165) is 32.7 Å². The summed E-state index contributed by atoms with van der Waals surface area (Å²) in [5.74, 6) is -1.07. The maximum atomic E-state index is 13.7. The molecule has 2 amide bonds. The van der Waals surface area contributed by atoms with Gasteiger partial charge >= 0.3 is 0 Å². The van der Waals surface area contributed by atoms with E-state index in [4.69, 9.17) is 0 Å². The normalized spacial score (nSPS) is 14.2. The van der Waals surface area contributed by atoms with Crippen molar-refractivity contribution in [3.63, 3.8) is 0 Å². The van der Waals surface area contributed by atoms with Crippen LogP contribution in [0.3, 0.4) is 0 Å². The highest BCUT2D eigenvalue weighted by Gasteiger charge is 2.42. The number of benzene rings is 4. The Hall–Kier alpha value is -3.74. The highest BCUT2D eigenvalue weighted by atomic mass is 16.3. The van der Waals surface area contributed by atoms with Crippen LogP contribution in [0.2, 0.25) is 0 Å². The Morgan fingerprint density at radius 3 is 1.26 bits per heavy atom. The van der Waals surface area contributed by atoms with Gasteiger partial charge < -0.3 is 20.8 Å². The summed E-state index contributed by atoms with van der Waals surface area (Å²) in [5.41, 5.74) is -2.62. The molecule has 4 aromatic carbocycles. The van der Waals surface area contributed by atoms with E-state index in [1.807, 2.05) is 84.9 Å². The summed E-state index contributed by atoms with van der Waals surface area (Å²) in [6.45, 7) is 9.64. The molecule has 0 bridgehead atoms. The molecule has 0 aliphatic carbocycles. The maximum absolute atomic E-state index is 13.7. The van der Waals surface area contributed by atoms with E-state index in [2.05, 4.69) is 10.6 Å². The second-order valence-electron chi connectivity index (χ2n) is 11.9. The molecular formula is C33H38N2O4. The van der Waals surface area contributed by atoms with E-state index in [-0.39, 0.29) is 0 Å². The predicted octanol–water partition coefficient (Wildman–Crippen LogP) is 5.58. The number of hydrogen-bond donors (Lipinski definition) is 4. The van der Waals surface area contributed by atoms with Crippen LogP contribution in [0, 0.1) is 5.41 Å². The maximum Gasteiger partial charge on any atom is 0.235 e. The zero-order valence-corrected chi connectivity index (χ0v) is 23.4. The molecule has 0 saturated carbocycles. The molecule has 0 aliphatic heterocycles. The van der Waals surface area contributed by atoms with Crippen molar-refractivity contribution < 1.29 is 19.8 Å². The molecule has 0 aliphatic rings. The van der Waals surface area contributed by atoms with Gasteiger partial charge in [-0.3, -0.25) is 9.59 Å². The molecule has 39 heavy (non-hydrogen) atoms. The minimum Gasteiger partial charge on any atom is -0.388 e. The molecule has 0 radical (unpaired) electrons. The topological polar surface area (TPSA) is 98.7 Å². The highest BCUT2D eigenvalue weighted by molar-refractivity contribution is 6.05. The number of fused-ring (bicyclic) bond motifs is 2. The second kappa shape index (κ2) is 10.4. The first-order valence-corrected chi connectivity index (χ1v) is 13.2. The lowest BCUT2D eigenvalue weighted by atomic mass is 9.84. The van der Waals surface area contributed by atoms with Gasteiger partial charge in [0, 0.05) is 0 Å². The van der Waals surface area contributed by atoms with Crippen LogP contribution in [-0.4, -0.2) is 33.2 Å². The Bertz CT molecular complexity index is 1390. The predicted molar refractivity (Wildman–Crippen MR) is 156 cm³/mol. The lowest BCUT2D eigenvalue weighted by Gasteiger charge is -2.36. The summed E-state index contributed by atoms with van der Waals surface area (Å²) in [6, 6.07) is 25.5. The third kappa shape index (κ3) is 5.82. The molecule has 2 atom stereocenters.